The molecule has 1 amide bonds. The highest BCUT2D eigenvalue weighted by Gasteiger charge is 2.24. The van der Waals surface area contributed by atoms with Crippen molar-refractivity contribution in [3.05, 3.63) is 16.1 Å². The van der Waals surface area contributed by atoms with Crippen molar-refractivity contribution in [3.8, 4) is 0 Å². The normalized spacial score (nSPS) is 11.5. The molecular weight excluding hydrogens is 210 g/mol. The van der Waals surface area contributed by atoms with Crippen molar-refractivity contribution in [3.63, 3.8) is 0 Å². The van der Waals surface area contributed by atoms with Gasteiger partial charge in [-0.25, -0.2) is 4.98 Å². The predicted molar refractivity (Wildman–Crippen MR) is 61.8 cm³/mol. The number of thiazole rings is 1. The molecular formula is C10H17N3OS. The van der Waals surface area contributed by atoms with Crippen LogP contribution >= 0.6 is 11.3 Å². The molecule has 1 heterocycles. The van der Waals surface area contributed by atoms with Crippen LogP contribution in [0, 0.1) is 6.92 Å². The molecule has 0 spiro atoms. The highest BCUT2D eigenvalue weighted by Crippen LogP contribution is 2.11. The molecule has 0 saturated carbocycles. The van der Waals surface area contributed by atoms with Crippen LogP contribution in [0.5, 0.6) is 0 Å². The van der Waals surface area contributed by atoms with Gasteiger partial charge in [0.05, 0.1) is 17.1 Å². The Hall–Kier alpha value is -0.940. The molecule has 5 heteroatoms. The lowest BCUT2D eigenvalue weighted by atomic mass is 10.1. The second-order valence-corrected chi connectivity index (χ2v) is 5.22. The van der Waals surface area contributed by atoms with Crippen LogP contribution in [0.1, 0.15) is 23.7 Å². The summed E-state index contributed by atoms with van der Waals surface area (Å²) in [5.74, 6) is -0.00365. The van der Waals surface area contributed by atoms with Gasteiger partial charge in [0, 0.05) is 11.1 Å². The first-order valence-electron chi connectivity index (χ1n) is 4.84. The quantitative estimate of drug-likeness (QED) is 0.809. The number of nitrogens with one attached hydrogen (secondary N) is 2. The van der Waals surface area contributed by atoms with E-state index in [1.165, 1.54) is 0 Å². The molecule has 0 atom stereocenters. The first-order valence-corrected chi connectivity index (χ1v) is 5.66. The number of likely N-dealkylation sites (N-methyl/N-ethyl adjacent to an activating group) is 1. The third kappa shape index (κ3) is 3.28. The molecule has 0 radical (unpaired) electrons. The summed E-state index contributed by atoms with van der Waals surface area (Å²) >= 11 is 1.60. The van der Waals surface area contributed by atoms with E-state index in [1.54, 1.807) is 24.6 Å². The molecule has 0 unspecified atom stereocenters. The number of aryl methyl sites for hydroxylation is 1. The minimum absolute atomic E-state index is 0.00365. The fourth-order valence-electron chi connectivity index (χ4n) is 0.989. The Kier molecular flexibility index (Phi) is 3.82. The SMILES string of the molecule is CNC(C)(C)C(=O)NCc1cnc(C)s1. The van der Waals surface area contributed by atoms with Gasteiger partial charge in [0.1, 0.15) is 0 Å². The zero-order valence-electron chi connectivity index (χ0n) is 9.55. The minimum Gasteiger partial charge on any atom is -0.350 e. The van der Waals surface area contributed by atoms with Crippen LogP contribution in [0.4, 0.5) is 0 Å². The summed E-state index contributed by atoms with van der Waals surface area (Å²) in [4.78, 5) is 16.9. The second-order valence-electron chi connectivity index (χ2n) is 3.90. The first-order chi connectivity index (χ1) is 6.95. The van der Waals surface area contributed by atoms with Crippen LogP contribution in [0.2, 0.25) is 0 Å². The maximum Gasteiger partial charge on any atom is 0.240 e. The minimum atomic E-state index is -0.528. The lowest BCUT2D eigenvalue weighted by Gasteiger charge is -2.22. The van der Waals surface area contributed by atoms with Crippen molar-refractivity contribution in [2.45, 2.75) is 32.9 Å². The monoisotopic (exact) mass is 227 g/mol. The van der Waals surface area contributed by atoms with Crippen molar-refractivity contribution in [2.24, 2.45) is 0 Å². The Morgan fingerprint density at radius 1 is 1.60 bits per heavy atom. The van der Waals surface area contributed by atoms with Crippen LogP contribution in [-0.2, 0) is 11.3 Å². The van der Waals surface area contributed by atoms with E-state index >= 15 is 0 Å². The summed E-state index contributed by atoms with van der Waals surface area (Å²) < 4.78 is 0. The number of nitrogens with zero attached hydrogens (tertiary/aromatic N) is 1. The molecule has 1 aromatic rings. The molecule has 15 heavy (non-hydrogen) atoms. The number of hydrogen-bond acceptors (Lipinski definition) is 4. The highest BCUT2D eigenvalue weighted by atomic mass is 32.1. The number of carbonyl (C=O) groups excluding carboxylic acids is 1. The molecule has 0 aliphatic heterocycles. The van der Waals surface area contributed by atoms with Gasteiger partial charge in [-0.2, -0.15) is 0 Å². The van der Waals surface area contributed by atoms with Crippen LogP contribution in [0.25, 0.3) is 0 Å². The topological polar surface area (TPSA) is 54.0 Å². The van der Waals surface area contributed by atoms with E-state index in [0.29, 0.717) is 6.54 Å². The summed E-state index contributed by atoms with van der Waals surface area (Å²) in [5.41, 5.74) is -0.528. The molecule has 0 bridgehead atoms. The van der Waals surface area contributed by atoms with Gasteiger partial charge in [0.2, 0.25) is 5.91 Å². The van der Waals surface area contributed by atoms with Gasteiger partial charge in [0.25, 0.3) is 0 Å². The number of carbonyl (C=O) groups is 1. The smallest absolute Gasteiger partial charge is 0.240 e. The number of rotatable bonds is 4. The highest BCUT2D eigenvalue weighted by molar-refractivity contribution is 7.11. The molecule has 0 saturated heterocycles. The number of hydrogen-bond donors (Lipinski definition) is 2. The third-order valence-corrected chi connectivity index (χ3v) is 3.20. The van der Waals surface area contributed by atoms with Crippen LogP contribution < -0.4 is 10.6 Å². The van der Waals surface area contributed by atoms with E-state index < -0.39 is 5.54 Å². The van der Waals surface area contributed by atoms with Gasteiger partial charge in [0.15, 0.2) is 0 Å². The lowest BCUT2D eigenvalue weighted by Crippen LogP contribution is -2.50. The molecule has 1 rings (SSSR count). The molecule has 0 aliphatic carbocycles. The van der Waals surface area contributed by atoms with E-state index in [2.05, 4.69) is 15.6 Å². The molecule has 0 aliphatic rings. The van der Waals surface area contributed by atoms with Crippen molar-refractivity contribution in [1.29, 1.82) is 0 Å². The molecule has 84 valence electrons. The fraction of sp³-hybridized carbons (Fsp3) is 0.600. The number of aromatic nitrogens is 1. The maximum absolute atomic E-state index is 11.7. The zero-order chi connectivity index (χ0) is 11.5. The molecule has 2 N–H and O–H groups in total. The van der Waals surface area contributed by atoms with Crippen molar-refractivity contribution >= 4 is 17.2 Å². The van der Waals surface area contributed by atoms with E-state index in [9.17, 15) is 4.79 Å². The molecule has 0 aromatic carbocycles. The summed E-state index contributed by atoms with van der Waals surface area (Å²) in [6.45, 7) is 6.20. The van der Waals surface area contributed by atoms with Gasteiger partial charge in [-0.05, 0) is 27.8 Å². The van der Waals surface area contributed by atoms with Crippen molar-refractivity contribution in [1.82, 2.24) is 15.6 Å². The Bertz CT molecular complexity index is 346. The van der Waals surface area contributed by atoms with Gasteiger partial charge in [-0.15, -0.1) is 11.3 Å². The third-order valence-electron chi connectivity index (χ3n) is 2.28. The zero-order valence-corrected chi connectivity index (χ0v) is 10.4. The van der Waals surface area contributed by atoms with Crippen molar-refractivity contribution in [2.75, 3.05) is 7.05 Å². The Morgan fingerprint density at radius 3 is 2.73 bits per heavy atom. The maximum atomic E-state index is 11.7. The van der Waals surface area contributed by atoms with Crippen LogP contribution in [0.3, 0.4) is 0 Å². The largest absolute Gasteiger partial charge is 0.350 e. The molecule has 0 fully saturated rings. The van der Waals surface area contributed by atoms with Crippen molar-refractivity contribution < 1.29 is 4.79 Å². The Labute approximate surface area is 94.1 Å². The second kappa shape index (κ2) is 4.72. The van der Waals surface area contributed by atoms with E-state index in [4.69, 9.17) is 0 Å². The van der Waals surface area contributed by atoms with E-state index in [-0.39, 0.29) is 5.91 Å². The fourth-order valence-corrected chi connectivity index (χ4v) is 1.72. The molecule has 4 nitrogen and oxygen atoms in total. The summed E-state index contributed by atoms with van der Waals surface area (Å²) in [6, 6.07) is 0. The van der Waals surface area contributed by atoms with Crippen LogP contribution in [-0.4, -0.2) is 23.5 Å². The van der Waals surface area contributed by atoms with Gasteiger partial charge < -0.3 is 10.6 Å². The summed E-state index contributed by atoms with van der Waals surface area (Å²) in [6.07, 6.45) is 1.80. The Morgan fingerprint density at radius 2 is 2.27 bits per heavy atom. The average Bonchev–Trinajstić information content (AvgIpc) is 2.60. The van der Waals surface area contributed by atoms with E-state index in [0.717, 1.165) is 9.88 Å². The van der Waals surface area contributed by atoms with Gasteiger partial charge in [-0.1, -0.05) is 0 Å². The Balaban J connectivity index is 2.47. The van der Waals surface area contributed by atoms with Gasteiger partial charge in [-0.3, -0.25) is 4.79 Å². The lowest BCUT2D eigenvalue weighted by molar-refractivity contribution is -0.126. The standard InChI is InChI=1S/C10H17N3OS/c1-7-12-5-8(15-7)6-13-9(14)10(2,3)11-4/h5,11H,6H2,1-4H3,(H,13,14). The molecule has 1 aromatic heterocycles. The average molecular weight is 227 g/mol. The first kappa shape index (κ1) is 12.1. The summed E-state index contributed by atoms with van der Waals surface area (Å²) in [5, 5.41) is 6.85. The number of amides is 1. The van der Waals surface area contributed by atoms with E-state index in [1.807, 2.05) is 20.8 Å². The predicted octanol–water partition coefficient (Wildman–Crippen LogP) is 1.07. The van der Waals surface area contributed by atoms with Gasteiger partial charge >= 0.3 is 0 Å². The van der Waals surface area contributed by atoms with Crippen LogP contribution in [0.15, 0.2) is 6.20 Å². The summed E-state index contributed by atoms with van der Waals surface area (Å²) in [7, 11) is 1.77.